The molecule has 26 heavy (non-hydrogen) atoms. The second-order valence-electron chi connectivity index (χ2n) is 6.29. The molecule has 6 nitrogen and oxygen atoms in total. The first-order chi connectivity index (χ1) is 12.4. The topological polar surface area (TPSA) is 105 Å². The van der Waals surface area contributed by atoms with Gasteiger partial charge >= 0.3 is 0 Å². The Kier molecular flexibility index (Phi) is 6.60. The highest BCUT2D eigenvalue weighted by Crippen LogP contribution is 2.23. The van der Waals surface area contributed by atoms with E-state index in [1.165, 1.54) is 22.6 Å². The summed E-state index contributed by atoms with van der Waals surface area (Å²) in [5.74, 6) is 0.146. The molecule has 2 aliphatic rings. The van der Waals surface area contributed by atoms with Crippen LogP contribution in [0, 0.1) is 10.4 Å². The lowest BCUT2D eigenvalue weighted by atomic mass is 10.0. The third-order valence-electron chi connectivity index (χ3n) is 4.46. The van der Waals surface area contributed by atoms with Crippen molar-refractivity contribution in [2.45, 2.75) is 32.4 Å². The lowest BCUT2D eigenvalue weighted by Crippen LogP contribution is -2.29. The molecule has 2 atom stereocenters. The molecule has 0 bridgehead atoms. The number of aliphatic hydroxyl groups is 1. The molecular formula is C20H26N2O4. The van der Waals surface area contributed by atoms with Crippen LogP contribution in [0.25, 0.3) is 0 Å². The van der Waals surface area contributed by atoms with Crippen LogP contribution < -0.4 is 15.8 Å². The number of methoxy groups -OCH3 is 1. The molecule has 0 spiro atoms. The molecule has 0 radical (unpaired) electrons. The zero-order valence-electron chi connectivity index (χ0n) is 15.3. The van der Waals surface area contributed by atoms with Crippen molar-refractivity contribution in [2.24, 2.45) is 5.73 Å². The molecular weight excluding hydrogens is 332 g/mol. The predicted molar refractivity (Wildman–Crippen MR) is 100 cm³/mol. The maximum atomic E-state index is 11.1. The summed E-state index contributed by atoms with van der Waals surface area (Å²) in [4.78, 5) is 11.1. The minimum Gasteiger partial charge on any atom is -0.507 e. The van der Waals surface area contributed by atoms with Crippen LogP contribution in [0.4, 0.5) is 0 Å². The van der Waals surface area contributed by atoms with Crippen LogP contribution >= 0.6 is 0 Å². The SMILES string of the molecule is CCC(C)NCC(O)c1ccc(O)c(C(N)=O)c1.COc1cc2ccc1=2. The third kappa shape index (κ3) is 4.53. The number of hydrogen-bond donors (Lipinski definition) is 4. The lowest BCUT2D eigenvalue weighted by molar-refractivity contribution is 0.0997. The molecule has 0 saturated carbocycles. The molecule has 2 unspecified atom stereocenters. The van der Waals surface area contributed by atoms with Gasteiger partial charge < -0.3 is 26.0 Å². The van der Waals surface area contributed by atoms with Crippen LogP contribution in [-0.4, -0.2) is 35.8 Å². The number of benzene rings is 2. The number of nitrogens with one attached hydrogen (secondary N) is 1. The highest BCUT2D eigenvalue weighted by atomic mass is 16.5. The maximum Gasteiger partial charge on any atom is 0.252 e. The lowest BCUT2D eigenvalue weighted by Gasteiger charge is -2.16. The zero-order valence-corrected chi connectivity index (χ0v) is 15.3. The quantitative estimate of drug-likeness (QED) is 0.518. The minimum absolute atomic E-state index is 0.0232. The number of carbonyl (C=O) groups excluding carboxylic acids is 1. The summed E-state index contributed by atoms with van der Waals surface area (Å²) < 4.78 is 4.97. The van der Waals surface area contributed by atoms with E-state index in [0.717, 1.165) is 12.2 Å². The van der Waals surface area contributed by atoms with Crippen LogP contribution in [0.2, 0.25) is 0 Å². The van der Waals surface area contributed by atoms with Crippen molar-refractivity contribution in [1.29, 1.82) is 0 Å². The van der Waals surface area contributed by atoms with Crippen molar-refractivity contribution < 1.29 is 19.7 Å². The van der Waals surface area contributed by atoms with Gasteiger partial charge in [0.05, 0.1) is 18.8 Å². The van der Waals surface area contributed by atoms with Crippen molar-refractivity contribution in [2.75, 3.05) is 13.7 Å². The minimum atomic E-state index is -0.738. The number of aromatic hydroxyl groups is 1. The van der Waals surface area contributed by atoms with Gasteiger partial charge in [-0.2, -0.15) is 0 Å². The Bertz CT molecular complexity index is 867. The first-order valence-electron chi connectivity index (χ1n) is 8.59. The smallest absolute Gasteiger partial charge is 0.252 e. The van der Waals surface area contributed by atoms with E-state index in [0.29, 0.717) is 18.2 Å². The van der Waals surface area contributed by atoms with Crippen molar-refractivity contribution in [1.82, 2.24) is 5.32 Å². The van der Waals surface area contributed by atoms with Crippen molar-refractivity contribution in [3.05, 3.63) is 58.0 Å². The Morgan fingerprint density at radius 1 is 1.27 bits per heavy atom. The van der Waals surface area contributed by atoms with E-state index in [2.05, 4.69) is 24.4 Å². The number of hydrogen-bond acceptors (Lipinski definition) is 5. The molecule has 1 amide bonds. The Labute approximate surface area is 152 Å². The van der Waals surface area contributed by atoms with E-state index in [1.807, 2.05) is 13.0 Å². The summed E-state index contributed by atoms with van der Waals surface area (Å²) in [6, 6.07) is 10.8. The molecule has 6 heteroatoms. The maximum absolute atomic E-state index is 11.1. The fourth-order valence-corrected chi connectivity index (χ4v) is 2.46. The van der Waals surface area contributed by atoms with Gasteiger partial charge in [-0.25, -0.2) is 0 Å². The van der Waals surface area contributed by atoms with Crippen LogP contribution in [0.1, 0.15) is 42.3 Å². The van der Waals surface area contributed by atoms with E-state index in [4.69, 9.17) is 10.5 Å². The van der Waals surface area contributed by atoms with Gasteiger partial charge in [0, 0.05) is 17.8 Å². The van der Waals surface area contributed by atoms with Crippen LogP contribution in [0.3, 0.4) is 0 Å². The number of nitrogens with two attached hydrogens (primary N) is 1. The summed E-state index contributed by atoms with van der Waals surface area (Å²) in [6.07, 6.45) is 0.229. The monoisotopic (exact) mass is 358 g/mol. The Morgan fingerprint density at radius 2 is 2.00 bits per heavy atom. The molecule has 0 heterocycles. The second kappa shape index (κ2) is 8.69. The van der Waals surface area contributed by atoms with E-state index in [9.17, 15) is 15.0 Å². The van der Waals surface area contributed by atoms with E-state index in [-0.39, 0.29) is 11.3 Å². The molecule has 140 valence electrons. The Morgan fingerprint density at radius 3 is 2.42 bits per heavy atom. The average molecular weight is 358 g/mol. The van der Waals surface area contributed by atoms with Gasteiger partial charge in [0.2, 0.25) is 0 Å². The van der Waals surface area contributed by atoms with Gasteiger partial charge in [0.1, 0.15) is 11.5 Å². The molecule has 5 N–H and O–H groups in total. The number of phenols is 1. The van der Waals surface area contributed by atoms with E-state index < -0.39 is 12.0 Å². The highest BCUT2D eigenvalue weighted by molar-refractivity contribution is 5.95. The zero-order chi connectivity index (χ0) is 19.3. The molecule has 1 aromatic rings. The van der Waals surface area contributed by atoms with Crippen LogP contribution in [0.15, 0.2) is 36.4 Å². The molecule has 0 aliphatic heterocycles. The van der Waals surface area contributed by atoms with Gasteiger partial charge in [0.15, 0.2) is 0 Å². The fraction of sp³-hybridized carbons (Fsp3) is 0.350. The second-order valence-corrected chi connectivity index (χ2v) is 6.29. The van der Waals surface area contributed by atoms with Crippen LogP contribution in [0.5, 0.6) is 11.5 Å². The standard InChI is InChI=1S/C13H20N2O3.C7H6O/c1-3-8(2)15-7-12(17)9-4-5-11(16)10(6-9)13(14)18;1-8-7-4-5-2-3-6(5)7/h4-6,8,12,15-17H,3,7H2,1-2H3,(H2,14,18);2-4H,1H3. The molecule has 1 aromatic carbocycles. The van der Waals surface area contributed by atoms with Crippen LogP contribution in [-0.2, 0) is 0 Å². The van der Waals surface area contributed by atoms with Crippen molar-refractivity contribution in [3.63, 3.8) is 0 Å². The van der Waals surface area contributed by atoms with Crippen molar-refractivity contribution in [3.8, 4) is 11.5 Å². The predicted octanol–water partition coefficient (Wildman–Crippen LogP) is 2.21. The normalized spacial score (nSPS) is 13.2. The molecule has 0 fully saturated rings. The van der Waals surface area contributed by atoms with E-state index >= 15 is 0 Å². The summed E-state index contributed by atoms with van der Waals surface area (Å²) in [5.41, 5.74) is 5.71. The van der Waals surface area contributed by atoms with Crippen molar-refractivity contribution >= 4 is 5.91 Å². The number of carbonyl (C=O) groups is 1. The first kappa shape index (κ1) is 19.8. The van der Waals surface area contributed by atoms with Gasteiger partial charge in [-0.3, -0.25) is 4.79 Å². The Hall–Kier alpha value is -2.57. The number of primary amides is 1. The van der Waals surface area contributed by atoms with Gasteiger partial charge in [0.25, 0.3) is 5.91 Å². The highest BCUT2D eigenvalue weighted by Gasteiger charge is 2.13. The number of rotatable bonds is 7. The van der Waals surface area contributed by atoms with Gasteiger partial charge in [-0.05, 0) is 42.3 Å². The molecule has 2 aliphatic carbocycles. The largest absolute Gasteiger partial charge is 0.507 e. The summed E-state index contributed by atoms with van der Waals surface area (Å²) in [7, 11) is 1.70. The fourth-order valence-electron chi connectivity index (χ4n) is 2.46. The molecule has 0 saturated heterocycles. The summed E-state index contributed by atoms with van der Waals surface area (Å²) >= 11 is 0. The van der Waals surface area contributed by atoms with Gasteiger partial charge in [-0.1, -0.05) is 25.1 Å². The molecule has 3 rings (SSSR count). The number of aliphatic hydroxyl groups excluding tert-OH is 1. The number of ether oxygens (including phenoxy) is 1. The van der Waals surface area contributed by atoms with E-state index in [1.54, 1.807) is 13.2 Å². The summed E-state index contributed by atoms with van der Waals surface area (Å²) in [5, 5.41) is 25.2. The number of amides is 1. The third-order valence-corrected chi connectivity index (χ3v) is 4.46. The first-order valence-corrected chi connectivity index (χ1v) is 8.59. The summed E-state index contributed by atoms with van der Waals surface area (Å²) in [6.45, 7) is 4.46. The average Bonchev–Trinajstić information content (AvgIpc) is 2.62. The Balaban J connectivity index is 0.000000247. The van der Waals surface area contributed by atoms with Gasteiger partial charge in [-0.15, -0.1) is 0 Å². The molecule has 0 aromatic heterocycles.